The molecule has 0 fully saturated rings. The van der Waals surface area contributed by atoms with Crippen LogP contribution in [0.25, 0.3) is 0 Å². The zero-order valence-electron chi connectivity index (χ0n) is 9.25. The first-order chi connectivity index (χ1) is 7.97. The van der Waals surface area contributed by atoms with Crippen molar-refractivity contribution in [1.29, 1.82) is 0 Å². The second-order valence-electron chi connectivity index (χ2n) is 3.05. The van der Waals surface area contributed by atoms with Crippen molar-refractivity contribution in [3.05, 3.63) is 27.7 Å². The molecule has 1 rings (SSSR count). The zero-order chi connectivity index (χ0) is 13.0. The number of carbonyl (C=O) groups excluding carboxylic acids is 2. The first kappa shape index (κ1) is 13.8. The Hall–Kier alpha value is -1.26. The highest BCUT2D eigenvalue weighted by Crippen LogP contribution is 2.35. The van der Waals surface area contributed by atoms with Crippen molar-refractivity contribution in [3.63, 3.8) is 0 Å². The molecule has 0 heterocycles. The Kier molecular flexibility index (Phi) is 4.78. The van der Waals surface area contributed by atoms with Crippen LogP contribution in [0.5, 0.6) is 5.75 Å². The Bertz CT molecular complexity index is 457. The van der Waals surface area contributed by atoms with Crippen molar-refractivity contribution < 1.29 is 19.1 Å². The third-order valence-electron chi connectivity index (χ3n) is 1.80. The van der Waals surface area contributed by atoms with Gasteiger partial charge in [0.1, 0.15) is 5.02 Å². The molecule has 1 aromatic rings. The van der Waals surface area contributed by atoms with E-state index < -0.39 is 11.9 Å². The molecule has 0 aliphatic heterocycles. The number of hydrogen-bond acceptors (Lipinski definition) is 4. The predicted molar refractivity (Wildman–Crippen MR) is 63.7 cm³/mol. The maximum atomic E-state index is 11.5. The molecule has 0 saturated carbocycles. The van der Waals surface area contributed by atoms with Gasteiger partial charge in [-0.05, 0) is 19.1 Å². The lowest BCUT2D eigenvalue weighted by molar-refractivity contribution is -0.131. The highest BCUT2D eigenvalue weighted by Gasteiger charge is 2.18. The second kappa shape index (κ2) is 5.89. The molecule has 0 N–H and O–H groups in total. The van der Waals surface area contributed by atoms with E-state index in [1.54, 1.807) is 6.92 Å². The molecular weight excluding hydrogens is 267 g/mol. The summed E-state index contributed by atoms with van der Waals surface area (Å²) in [6.45, 7) is 3.16. The summed E-state index contributed by atoms with van der Waals surface area (Å²) in [5.41, 5.74) is 0.134. The van der Waals surface area contributed by atoms with Crippen molar-refractivity contribution in [2.45, 2.75) is 13.8 Å². The van der Waals surface area contributed by atoms with Crippen LogP contribution >= 0.6 is 23.2 Å². The number of halogens is 2. The smallest absolute Gasteiger partial charge is 0.339 e. The lowest BCUT2D eigenvalue weighted by Crippen LogP contribution is -2.07. The van der Waals surface area contributed by atoms with E-state index in [0.29, 0.717) is 0 Å². The molecule has 6 heteroatoms. The van der Waals surface area contributed by atoms with Crippen LogP contribution in [0.2, 0.25) is 10.0 Å². The quantitative estimate of drug-likeness (QED) is 0.629. The highest BCUT2D eigenvalue weighted by molar-refractivity contribution is 6.44. The molecule has 0 bridgehead atoms. The van der Waals surface area contributed by atoms with Gasteiger partial charge < -0.3 is 9.47 Å². The average molecular weight is 277 g/mol. The molecule has 0 saturated heterocycles. The van der Waals surface area contributed by atoms with Gasteiger partial charge in [-0.3, -0.25) is 4.79 Å². The molecule has 0 aliphatic rings. The summed E-state index contributed by atoms with van der Waals surface area (Å²) in [5, 5.41) is 0.0105. The minimum Gasteiger partial charge on any atom is -0.462 e. The number of ether oxygens (including phenoxy) is 2. The molecule has 0 amide bonds. The molecule has 92 valence electrons. The molecule has 0 aromatic heterocycles. The van der Waals surface area contributed by atoms with Gasteiger partial charge >= 0.3 is 11.9 Å². The Morgan fingerprint density at radius 1 is 1.24 bits per heavy atom. The minimum atomic E-state index is -0.575. The van der Waals surface area contributed by atoms with Gasteiger partial charge in [-0.2, -0.15) is 0 Å². The van der Waals surface area contributed by atoms with E-state index in [-0.39, 0.29) is 28.0 Å². The first-order valence-corrected chi connectivity index (χ1v) is 5.56. The van der Waals surface area contributed by atoms with E-state index in [9.17, 15) is 9.59 Å². The summed E-state index contributed by atoms with van der Waals surface area (Å²) >= 11 is 11.8. The van der Waals surface area contributed by atoms with Crippen LogP contribution in [0.15, 0.2) is 12.1 Å². The van der Waals surface area contributed by atoms with Crippen LogP contribution in [0.4, 0.5) is 0 Å². The van der Waals surface area contributed by atoms with Crippen LogP contribution in [0.1, 0.15) is 24.2 Å². The number of esters is 2. The van der Waals surface area contributed by atoms with Crippen LogP contribution < -0.4 is 4.74 Å². The largest absolute Gasteiger partial charge is 0.462 e. The average Bonchev–Trinajstić information content (AvgIpc) is 2.24. The monoisotopic (exact) mass is 276 g/mol. The van der Waals surface area contributed by atoms with E-state index in [2.05, 4.69) is 0 Å². The summed E-state index contributed by atoms with van der Waals surface area (Å²) < 4.78 is 9.61. The number of rotatable bonds is 3. The molecule has 1 aromatic carbocycles. The molecule has 0 atom stereocenters. The van der Waals surface area contributed by atoms with Crippen molar-refractivity contribution in [2.75, 3.05) is 6.61 Å². The minimum absolute atomic E-state index is 0.00358. The van der Waals surface area contributed by atoms with Gasteiger partial charge in [0.15, 0.2) is 5.75 Å². The molecule has 0 unspecified atom stereocenters. The van der Waals surface area contributed by atoms with Crippen molar-refractivity contribution in [3.8, 4) is 5.75 Å². The normalized spacial score (nSPS) is 9.88. The van der Waals surface area contributed by atoms with Gasteiger partial charge in [-0.1, -0.05) is 23.2 Å². The summed E-state index contributed by atoms with van der Waals surface area (Å²) in [6.07, 6.45) is 0. The Morgan fingerprint density at radius 3 is 2.41 bits per heavy atom. The van der Waals surface area contributed by atoms with Crippen LogP contribution in [0, 0.1) is 0 Å². The van der Waals surface area contributed by atoms with E-state index >= 15 is 0 Å². The van der Waals surface area contributed by atoms with Gasteiger partial charge in [0.05, 0.1) is 17.2 Å². The molecular formula is C11H10Cl2O4. The molecule has 0 spiro atoms. The standard InChI is InChI=1S/C11H10Cl2O4/c1-3-16-11(15)7-4-5-8(17-6(2)14)10(13)9(7)12/h4-5H,3H2,1-2H3. The summed E-state index contributed by atoms with van der Waals surface area (Å²) in [4.78, 5) is 22.3. The third kappa shape index (κ3) is 3.35. The SMILES string of the molecule is CCOC(=O)c1ccc(OC(C)=O)c(Cl)c1Cl. The maximum absolute atomic E-state index is 11.5. The van der Waals surface area contributed by atoms with Gasteiger partial charge in [0, 0.05) is 6.92 Å². The predicted octanol–water partition coefficient (Wildman–Crippen LogP) is 3.10. The number of benzene rings is 1. The van der Waals surface area contributed by atoms with Gasteiger partial charge in [-0.25, -0.2) is 4.79 Å². The van der Waals surface area contributed by atoms with Gasteiger partial charge in [0.25, 0.3) is 0 Å². The first-order valence-electron chi connectivity index (χ1n) is 4.81. The molecule has 0 aliphatic carbocycles. The summed E-state index contributed by atoms with van der Waals surface area (Å²) in [6, 6.07) is 2.78. The van der Waals surface area contributed by atoms with Crippen LogP contribution in [0.3, 0.4) is 0 Å². The molecule has 0 radical (unpaired) electrons. The Balaban J connectivity index is 3.10. The third-order valence-corrected chi connectivity index (χ3v) is 2.66. The molecule has 17 heavy (non-hydrogen) atoms. The Morgan fingerprint density at radius 2 is 1.88 bits per heavy atom. The van der Waals surface area contributed by atoms with Crippen molar-refractivity contribution >= 4 is 35.1 Å². The maximum Gasteiger partial charge on any atom is 0.339 e. The lowest BCUT2D eigenvalue weighted by Gasteiger charge is -2.09. The lowest BCUT2D eigenvalue weighted by atomic mass is 10.2. The van der Waals surface area contributed by atoms with Crippen LogP contribution in [-0.4, -0.2) is 18.5 Å². The Labute approximate surface area is 108 Å². The van der Waals surface area contributed by atoms with E-state index in [4.69, 9.17) is 32.7 Å². The van der Waals surface area contributed by atoms with Crippen molar-refractivity contribution in [2.24, 2.45) is 0 Å². The zero-order valence-corrected chi connectivity index (χ0v) is 10.8. The van der Waals surface area contributed by atoms with E-state index in [0.717, 1.165) is 0 Å². The van der Waals surface area contributed by atoms with Crippen LogP contribution in [-0.2, 0) is 9.53 Å². The molecule has 4 nitrogen and oxygen atoms in total. The fraction of sp³-hybridized carbons (Fsp3) is 0.273. The van der Waals surface area contributed by atoms with E-state index in [1.807, 2.05) is 0 Å². The van der Waals surface area contributed by atoms with Gasteiger partial charge in [-0.15, -0.1) is 0 Å². The number of carbonyl (C=O) groups is 2. The number of hydrogen-bond donors (Lipinski definition) is 0. The highest BCUT2D eigenvalue weighted by atomic mass is 35.5. The second-order valence-corrected chi connectivity index (χ2v) is 3.81. The summed E-state index contributed by atoms with van der Waals surface area (Å²) in [7, 11) is 0. The fourth-order valence-electron chi connectivity index (χ4n) is 1.13. The summed E-state index contributed by atoms with van der Waals surface area (Å²) in [5.74, 6) is -0.988. The van der Waals surface area contributed by atoms with E-state index in [1.165, 1.54) is 19.1 Å². The van der Waals surface area contributed by atoms with Crippen molar-refractivity contribution in [1.82, 2.24) is 0 Å². The van der Waals surface area contributed by atoms with Gasteiger partial charge in [0.2, 0.25) is 0 Å². The topological polar surface area (TPSA) is 52.6 Å². The fourth-order valence-corrected chi connectivity index (χ4v) is 1.57.